The Morgan fingerprint density at radius 1 is 1.35 bits per heavy atom. The van der Waals surface area contributed by atoms with Crippen molar-refractivity contribution in [3.63, 3.8) is 0 Å². The van der Waals surface area contributed by atoms with E-state index in [0.717, 1.165) is 6.42 Å². The summed E-state index contributed by atoms with van der Waals surface area (Å²) in [6.45, 7) is 0.628. The number of benzene rings is 1. The van der Waals surface area contributed by atoms with Crippen LogP contribution in [0, 0.1) is 5.92 Å². The summed E-state index contributed by atoms with van der Waals surface area (Å²) in [5, 5.41) is 0.468. The molecule has 0 radical (unpaired) electrons. The average Bonchev–Trinajstić information content (AvgIpc) is 2.80. The van der Waals surface area contributed by atoms with Gasteiger partial charge < -0.3 is 10.5 Å². The quantitative estimate of drug-likeness (QED) is 0.873. The first-order valence-corrected chi connectivity index (χ1v) is 8.48. The molecule has 20 heavy (non-hydrogen) atoms. The topological polar surface area (TPSA) is 81.4 Å². The molecule has 2 aliphatic rings. The summed E-state index contributed by atoms with van der Waals surface area (Å²) in [5.74, 6) is 0.239. The number of halogens is 2. The third-order valence-corrected chi connectivity index (χ3v) is 6.10. The highest BCUT2D eigenvalue weighted by atomic mass is 35.5. The highest BCUT2D eigenvalue weighted by Crippen LogP contribution is 2.38. The van der Waals surface area contributed by atoms with Crippen LogP contribution in [0.5, 0.6) is 0 Å². The van der Waals surface area contributed by atoms with E-state index < -0.39 is 16.1 Å². The summed E-state index contributed by atoms with van der Waals surface area (Å²) in [6.07, 6.45) is 0.747. The molecule has 8 heteroatoms. The molecule has 1 aliphatic carbocycles. The number of hydrogen-bond donors (Lipinski definition) is 2. The van der Waals surface area contributed by atoms with Crippen LogP contribution in [0.1, 0.15) is 6.42 Å². The SMILES string of the molecule is NC1C2CCOC2C1NS(=O)(=O)c1ccc(Cl)cc1Cl. The molecule has 3 rings (SSSR count). The molecule has 0 spiro atoms. The van der Waals surface area contributed by atoms with E-state index >= 15 is 0 Å². The van der Waals surface area contributed by atoms with Gasteiger partial charge in [0, 0.05) is 23.6 Å². The molecule has 2 fully saturated rings. The number of hydrogen-bond acceptors (Lipinski definition) is 4. The second-order valence-corrected chi connectivity index (χ2v) is 7.61. The minimum Gasteiger partial charge on any atom is -0.376 e. The zero-order chi connectivity index (χ0) is 14.5. The van der Waals surface area contributed by atoms with Gasteiger partial charge in [-0.1, -0.05) is 23.2 Å². The van der Waals surface area contributed by atoms with E-state index in [0.29, 0.717) is 11.6 Å². The lowest BCUT2D eigenvalue weighted by Gasteiger charge is -2.45. The highest BCUT2D eigenvalue weighted by Gasteiger charge is 2.53. The smallest absolute Gasteiger partial charge is 0.242 e. The zero-order valence-corrected chi connectivity index (χ0v) is 12.8. The van der Waals surface area contributed by atoms with Crippen LogP contribution >= 0.6 is 23.2 Å². The van der Waals surface area contributed by atoms with Gasteiger partial charge in [-0.2, -0.15) is 0 Å². The summed E-state index contributed by atoms with van der Waals surface area (Å²) in [5.41, 5.74) is 5.99. The Hall–Kier alpha value is -0.370. The van der Waals surface area contributed by atoms with Crippen LogP contribution in [0.4, 0.5) is 0 Å². The van der Waals surface area contributed by atoms with Crippen molar-refractivity contribution < 1.29 is 13.2 Å². The fourth-order valence-electron chi connectivity index (χ4n) is 2.83. The first-order chi connectivity index (χ1) is 9.40. The molecule has 0 amide bonds. The summed E-state index contributed by atoms with van der Waals surface area (Å²) in [6, 6.07) is 3.64. The Balaban J connectivity index is 1.82. The molecule has 1 aliphatic heterocycles. The molecule has 1 aromatic rings. The van der Waals surface area contributed by atoms with E-state index in [4.69, 9.17) is 33.7 Å². The van der Waals surface area contributed by atoms with Gasteiger partial charge in [0.25, 0.3) is 0 Å². The third kappa shape index (κ3) is 2.34. The van der Waals surface area contributed by atoms with Gasteiger partial charge in [0.1, 0.15) is 4.90 Å². The van der Waals surface area contributed by atoms with Gasteiger partial charge in [-0.25, -0.2) is 13.1 Å². The van der Waals surface area contributed by atoms with Crippen molar-refractivity contribution in [1.29, 1.82) is 0 Å². The number of rotatable bonds is 3. The van der Waals surface area contributed by atoms with Crippen molar-refractivity contribution >= 4 is 33.2 Å². The Bertz CT molecular complexity index is 638. The fourth-order valence-corrected chi connectivity index (χ4v) is 4.88. The third-order valence-electron chi connectivity index (χ3n) is 3.92. The number of ether oxygens (including phenoxy) is 1. The highest BCUT2D eigenvalue weighted by molar-refractivity contribution is 7.89. The molecular weight excluding hydrogens is 323 g/mol. The largest absolute Gasteiger partial charge is 0.376 e. The van der Waals surface area contributed by atoms with Crippen LogP contribution < -0.4 is 10.5 Å². The molecule has 1 saturated carbocycles. The van der Waals surface area contributed by atoms with E-state index in [9.17, 15) is 8.42 Å². The zero-order valence-electron chi connectivity index (χ0n) is 10.4. The first-order valence-electron chi connectivity index (χ1n) is 6.25. The molecule has 0 bridgehead atoms. The van der Waals surface area contributed by atoms with Crippen molar-refractivity contribution in [1.82, 2.24) is 4.72 Å². The van der Waals surface area contributed by atoms with E-state index in [1.807, 2.05) is 0 Å². The second kappa shape index (κ2) is 5.12. The molecule has 1 saturated heterocycles. The van der Waals surface area contributed by atoms with Gasteiger partial charge in [-0.3, -0.25) is 0 Å². The van der Waals surface area contributed by atoms with Crippen molar-refractivity contribution in [3.05, 3.63) is 28.2 Å². The summed E-state index contributed by atoms with van der Waals surface area (Å²) >= 11 is 11.7. The minimum absolute atomic E-state index is 0.00258. The lowest BCUT2D eigenvalue weighted by atomic mass is 9.73. The average molecular weight is 337 g/mol. The van der Waals surface area contributed by atoms with E-state index in [1.54, 1.807) is 0 Å². The Morgan fingerprint density at radius 2 is 2.10 bits per heavy atom. The van der Waals surface area contributed by atoms with Crippen LogP contribution in [0.15, 0.2) is 23.1 Å². The van der Waals surface area contributed by atoms with Crippen LogP contribution in [-0.2, 0) is 14.8 Å². The molecule has 4 atom stereocenters. The lowest BCUT2D eigenvalue weighted by Crippen LogP contribution is -2.68. The van der Waals surface area contributed by atoms with Gasteiger partial charge in [0.2, 0.25) is 10.0 Å². The van der Waals surface area contributed by atoms with Crippen molar-refractivity contribution in [2.24, 2.45) is 11.7 Å². The van der Waals surface area contributed by atoms with Gasteiger partial charge in [0.05, 0.1) is 17.2 Å². The summed E-state index contributed by atoms with van der Waals surface area (Å²) < 4.78 is 32.8. The van der Waals surface area contributed by atoms with Crippen molar-refractivity contribution in [2.75, 3.05) is 6.61 Å². The molecule has 4 unspecified atom stereocenters. The normalized spacial score (nSPS) is 32.8. The number of sulfonamides is 1. The van der Waals surface area contributed by atoms with Crippen molar-refractivity contribution in [2.45, 2.75) is 29.5 Å². The molecule has 110 valence electrons. The van der Waals surface area contributed by atoms with Gasteiger partial charge in [0.15, 0.2) is 0 Å². The number of fused-ring (bicyclic) bond motifs is 1. The first kappa shape index (κ1) is 14.6. The van der Waals surface area contributed by atoms with E-state index in [-0.39, 0.29) is 28.0 Å². The van der Waals surface area contributed by atoms with Gasteiger partial charge in [-0.15, -0.1) is 0 Å². The van der Waals surface area contributed by atoms with Crippen LogP contribution in [0.3, 0.4) is 0 Å². The molecule has 5 nitrogen and oxygen atoms in total. The predicted octanol–water partition coefficient (Wildman–Crippen LogP) is 1.39. The van der Waals surface area contributed by atoms with Gasteiger partial charge in [-0.05, 0) is 24.6 Å². The molecule has 1 aromatic carbocycles. The van der Waals surface area contributed by atoms with Gasteiger partial charge >= 0.3 is 0 Å². The molecule has 1 heterocycles. The second-order valence-electron chi connectivity index (χ2n) is 5.09. The Morgan fingerprint density at radius 3 is 2.80 bits per heavy atom. The lowest BCUT2D eigenvalue weighted by molar-refractivity contribution is -0.00923. The maximum absolute atomic E-state index is 12.4. The predicted molar refractivity (Wildman–Crippen MR) is 76.4 cm³/mol. The maximum atomic E-state index is 12.4. The monoisotopic (exact) mass is 336 g/mol. The molecular formula is C12H14Cl2N2O3S. The molecule has 3 N–H and O–H groups in total. The summed E-state index contributed by atoms with van der Waals surface area (Å²) in [7, 11) is -3.74. The standard InChI is InChI=1S/C12H14Cl2N2O3S/c13-6-1-2-9(8(14)5-6)20(17,18)16-11-10(15)7-3-4-19-12(7)11/h1-2,5,7,10-12,16H,3-4,15H2. The van der Waals surface area contributed by atoms with Crippen LogP contribution in [0.2, 0.25) is 10.0 Å². The Kier molecular flexibility index (Phi) is 3.73. The van der Waals surface area contributed by atoms with Crippen LogP contribution in [0.25, 0.3) is 0 Å². The Labute approximate surface area is 127 Å². The van der Waals surface area contributed by atoms with Crippen LogP contribution in [-0.4, -0.2) is 33.2 Å². The van der Waals surface area contributed by atoms with E-state index in [2.05, 4.69) is 4.72 Å². The maximum Gasteiger partial charge on any atom is 0.242 e. The fraction of sp³-hybridized carbons (Fsp3) is 0.500. The van der Waals surface area contributed by atoms with Crippen molar-refractivity contribution in [3.8, 4) is 0 Å². The number of nitrogens with one attached hydrogen (secondary N) is 1. The van der Waals surface area contributed by atoms with E-state index in [1.165, 1.54) is 18.2 Å². The summed E-state index contributed by atoms with van der Waals surface area (Å²) in [4.78, 5) is -0.00258. The number of nitrogens with two attached hydrogens (primary N) is 1. The minimum atomic E-state index is -3.74. The molecule has 0 aromatic heterocycles.